The summed E-state index contributed by atoms with van der Waals surface area (Å²) in [5.41, 5.74) is 5.61. The molecule has 2 atom stereocenters. The number of hydrogen-bond acceptors (Lipinski definition) is 6. The van der Waals surface area contributed by atoms with Gasteiger partial charge < -0.3 is 25.6 Å². The Morgan fingerprint density at radius 3 is 2.53 bits per heavy atom. The number of aliphatic hydroxyl groups is 2. The van der Waals surface area contributed by atoms with Crippen LogP contribution in [0, 0.1) is 5.92 Å². The lowest BCUT2D eigenvalue weighted by Gasteiger charge is -2.31. The van der Waals surface area contributed by atoms with Crippen LogP contribution in [0.4, 0.5) is 13.2 Å². The molecule has 2 unspecified atom stereocenters. The van der Waals surface area contributed by atoms with Crippen LogP contribution >= 0.6 is 0 Å². The highest BCUT2D eigenvalue weighted by Gasteiger charge is 2.34. The number of nitrogens with zero attached hydrogens (tertiary/aromatic N) is 2. The van der Waals surface area contributed by atoms with Crippen molar-refractivity contribution in [2.45, 2.75) is 25.1 Å². The van der Waals surface area contributed by atoms with Crippen LogP contribution in [0.1, 0.15) is 40.6 Å². The highest BCUT2D eigenvalue weighted by molar-refractivity contribution is 5.97. The first-order valence-electron chi connectivity index (χ1n) is 11.9. The number of carbonyl (C=O) groups is 2. The van der Waals surface area contributed by atoms with Gasteiger partial charge in [-0.3, -0.25) is 9.59 Å². The highest BCUT2D eigenvalue weighted by Crippen LogP contribution is 2.35. The lowest BCUT2D eigenvalue weighted by molar-refractivity contribution is -0.137. The van der Waals surface area contributed by atoms with Crippen LogP contribution in [-0.2, 0) is 11.0 Å². The van der Waals surface area contributed by atoms with E-state index in [2.05, 4.69) is 4.98 Å². The molecular formula is C27H26F3N3O5. The summed E-state index contributed by atoms with van der Waals surface area (Å²) in [6.45, 7) is -0.169. The van der Waals surface area contributed by atoms with Gasteiger partial charge in [0.25, 0.3) is 5.91 Å². The van der Waals surface area contributed by atoms with Gasteiger partial charge in [-0.15, -0.1) is 0 Å². The largest absolute Gasteiger partial charge is 0.457 e. The first-order chi connectivity index (χ1) is 18.1. The Bertz CT molecular complexity index is 1310. The molecule has 2 aromatic carbocycles. The fraction of sp³-hybridized carbons (Fsp3) is 0.296. The number of piperidine rings is 1. The van der Waals surface area contributed by atoms with Crippen LogP contribution in [0.2, 0.25) is 0 Å². The summed E-state index contributed by atoms with van der Waals surface area (Å²) in [5, 5.41) is 19.0. The Balaban J connectivity index is 1.61. The third kappa shape index (κ3) is 6.12. The number of primary amides is 1. The smallest absolute Gasteiger partial charge is 0.416 e. The van der Waals surface area contributed by atoms with Crippen LogP contribution in [0.15, 0.2) is 60.7 Å². The average Bonchev–Trinajstić information content (AvgIpc) is 2.92. The summed E-state index contributed by atoms with van der Waals surface area (Å²) >= 11 is 0. The van der Waals surface area contributed by atoms with E-state index in [-0.39, 0.29) is 30.2 Å². The SMILES string of the molecule is NC(=O)C1CCCN(C(=O)c2cc(C(F)(F)F)ccc2Oc2ccc(-c3cccc(C(O)CO)n3)cc2)C1. The fourth-order valence-electron chi connectivity index (χ4n) is 4.24. The zero-order valence-corrected chi connectivity index (χ0v) is 20.2. The number of rotatable bonds is 7. The van der Waals surface area contributed by atoms with Gasteiger partial charge in [0.2, 0.25) is 5.91 Å². The van der Waals surface area contributed by atoms with E-state index in [1.54, 1.807) is 42.5 Å². The molecule has 1 aliphatic heterocycles. The van der Waals surface area contributed by atoms with Gasteiger partial charge in [0.15, 0.2) is 0 Å². The topological polar surface area (TPSA) is 126 Å². The number of likely N-dealkylation sites (tertiary alicyclic amines) is 1. The maximum atomic E-state index is 13.4. The van der Waals surface area contributed by atoms with Crippen LogP contribution in [-0.4, -0.2) is 51.6 Å². The second-order valence-corrected chi connectivity index (χ2v) is 8.97. The van der Waals surface area contributed by atoms with Crippen molar-refractivity contribution in [3.63, 3.8) is 0 Å². The van der Waals surface area contributed by atoms with Crippen LogP contribution in [0.3, 0.4) is 0 Å². The lowest BCUT2D eigenvalue weighted by atomic mass is 9.96. The van der Waals surface area contributed by atoms with Crippen molar-refractivity contribution in [3.8, 4) is 22.8 Å². The van der Waals surface area contributed by atoms with Gasteiger partial charge in [0.05, 0.1) is 35.0 Å². The van der Waals surface area contributed by atoms with Crippen molar-refractivity contribution in [2.24, 2.45) is 11.7 Å². The highest BCUT2D eigenvalue weighted by atomic mass is 19.4. The number of nitrogens with two attached hydrogens (primary N) is 1. The second-order valence-electron chi connectivity index (χ2n) is 8.97. The van der Waals surface area contributed by atoms with Crippen molar-refractivity contribution in [2.75, 3.05) is 19.7 Å². The van der Waals surface area contributed by atoms with Gasteiger partial charge in [-0.2, -0.15) is 13.2 Å². The molecule has 1 aromatic heterocycles. The number of halogens is 3. The minimum Gasteiger partial charge on any atom is -0.457 e. The van der Waals surface area contributed by atoms with Crippen molar-refractivity contribution in [3.05, 3.63) is 77.5 Å². The molecule has 200 valence electrons. The summed E-state index contributed by atoms with van der Waals surface area (Å²) < 4.78 is 46.2. The maximum Gasteiger partial charge on any atom is 0.416 e. The molecule has 8 nitrogen and oxygen atoms in total. The van der Waals surface area contributed by atoms with Crippen molar-refractivity contribution >= 4 is 11.8 Å². The van der Waals surface area contributed by atoms with E-state index in [9.17, 15) is 27.9 Å². The number of carbonyl (C=O) groups excluding carboxylic acids is 2. The summed E-state index contributed by atoms with van der Waals surface area (Å²) in [6, 6.07) is 14.1. The molecule has 4 N–H and O–H groups in total. The van der Waals surface area contributed by atoms with E-state index < -0.39 is 42.2 Å². The minimum atomic E-state index is -4.67. The molecule has 0 bridgehead atoms. The zero-order chi connectivity index (χ0) is 27.4. The minimum absolute atomic E-state index is 0.0234. The normalized spacial score (nSPS) is 16.7. The molecule has 0 saturated carbocycles. The quantitative estimate of drug-likeness (QED) is 0.426. The molecule has 2 amide bonds. The standard InChI is InChI=1S/C27H26F3N3O5/c28-27(29,30)18-8-11-24(20(13-18)26(37)33-12-2-3-17(14-33)25(31)36)38-19-9-6-16(7-10-19)21-4-1-5-22(32-21)23(35)15-34/h1,4-11,13,17,23,34-35H,2-3,12,14-15H2,(H2,31,36). The first kappa shape index (κ1) is 27.1. The van der Waals surface area contributed by atoms with Gasteiger partial charge in [0, 0.05) is 18.7 Å². The van der Waals surface area contributed by atoms with Gasteiger partial charge in [0.1, 0.15) is 17.6 Å². The molecule has 38 heavy (non-hydrogen) atoms. The zero-order valence-electron chi connectivity index (χ0n) is 20.2. The van der Waals surface area contributed by atoms with E-state index in [0.717, 1.165) is 18.2 Å². The summed E-state index contributed by atoms with van der Waals surface area (Å²) in [5.74, 6) is -1.61. The molecule has 1 saturated heterocycles. The van der Waals surface area contributed by atoms with E-state index in [1.165, 1.54) is 4.90 Å². The number of benzene rings is 2. The van der Waals surface area contributed by atoms with Crippen LogP contribution in [0.25, 0.3) is 11.3 Å². The summed E-state index contributed by atoms with van der Waals surface area (Å²) in [4.78, 5) is 30.6. The molecule has 4 rings (SSSR count). The third-order valence-electron chi connectivity index (χ3n) is 6.31. The number of aromatic nitrogens is 1. The molecule has 11 heteroatoms. The molecule has 0 radical (unpaired) electrons. The number of pyridine rings is 1. The predicted octanol–water partition coefficient (Wildman–Crippen LogP) is 3.92. The van der Waals surface area contributed by atoms with Gasteiger partial charge in [-0.25, -0.2) is 4.98 Å². The number of amides is 2. The Morgan fingerprint density at radius 1 is 1.13 bits per heavy atom. The first-order valence-corrected chi connectivity index (χ1v) is 11.9. The molecule has 3 aromatic rings. The van der Waals surface area contributed by atoms with E-state index in [4.69, 9.17) is 15.6 Å². The number of aliphatic hydroxyl groups excluding tert-OH is 2. The van der Waals surface area contributed by atoms with Gasteiger partial charge in [-0.1, -0.05) is 6.07 Å². The van der Waals surface area contributed by atoms with Gasteiger partial charge in [-0.05, 0) is 67.4 Å². The number of alkyl halides is 3. The van der Waals surface area contributed by atoms with E-state index in [1.807, 2.05) is 0 Å². The van der Waals surface area contributed by atoms with E-state index >= 15 is 0 Å². The Labute approximate surface area is 216 Å². The Kier molecular flexibility index (Phi) is 7.98. The Hall–Kier alpha value is -3.96. The van der Waals surface area contributed by atoms with E-state index in [0.29, 0.717) is 29.8 Å². The molecule has 0 aliphatic carbocycles. The predicted molar refractivity (Wildman–Crippen MR) is 131 cm³/mol. The van der Waals surface area contributed by atoms with Crippen molar-refractivity contribution in [1.29, 1.82) is 0 Å². The summed E-state index contributed by atoms with van der Waals surface area (Å²) in [7, 11) is 0. The van der Waals surface area contributed by atoms with Crippen LogP contribution in [0.5, 0.6) is 11.5 Å². The third-order valence-corrected chi connectivity index (χ3v) is 6.31. The monoisotopic (exact) mass is 529 g/mol. The van der Waals surface area contributed by atoms with Crippen LogP contribution < -0.4 is 10.5 Å². The fourth-order valence-corrected chi connectivity index (χ4v) is 4.24. The van der Waals surface area contributed by atoms with Crippen molar-refractivity contribution < 1.29 is 37.7 Å². The molecule has 2 heterocycles. The lowest BCUT2D eigenvalue weighted by Crippen LogP contribution is -2.44. The van der Waals surface area contributed by atoms with Gasteiger partial charge >= 0.3 is 6.18 Å². The molecular weight excluding hydrogens is 503 g/mol. The molecule has 0 spiro atoms. The Morgan fingerprint density at radius 2 is 1.87 bits per heavy atom. The summed E-state index contributed by atoms with van der Waals surface area (Å²) in [6.07, 6.45) is -4.78. The number of hydrogen-bond donors (Lipinski definition) is 3. The maximum absolute atomic E-state index is 13.4. The second kappa shape index (κ2) is 11.2. The average molecular weight is 530 g/mol. The molecule has 1 aliphatic rings. The molecule has 1 fully saturated rings. The van der Waals surface area contributed by atoms with Crippen molar-refractivity contribution in [1.82, 2.24) is 9.88 Å². The number of ether oxygens (including phenoxy) is 1.